The Labute approximate surface area is 220 Å². The largest absolute Gasteiger partial charge is 0.391 e. The summed E-state index contributed by atoms with van der Waals surface area (Å²) in [7, 11) is 2.12. The molecule has 0 aliphatic carbocycles. The minimum Gasteiger partial charge on any atom is -0.391 e. The number of aliphatic hydroxyl groups excluding tert-OH is 1. The molecule has 2 aliphatic rings. The molecule has 0 bridgehead atoms. The summed E-state index contributed by atoms with van der Waals surface area (Å²) in [6.45, 7) is 12.6. The molecule has 8 heteroatoms. The summed E-state index contributed by atoms with van der Waals surface area (Å²) in [6.07, 6.45) is 4.20. The van der Waals surface area contributed by atoms with Crippen LogP contribution in [-0.4, -0.2) is 71.5 Å². The highest BCUT2D eigenvalue weighted by molar-refractivity contribution is 7.13. The predicted molar refractivity (Wildman–Crippen MR) is 148 cm³/mol. The first kappa shape index (κ1) is 29.9. The number of aryl methyl sites for hydroxylation is 1. The van der Waals surface area contributed by atoms with Crippen molar-refractivity contribution in [3.8, 4) is 10.4 Å². The molecule has 7 nitrogen and oxygen atoms in total. The van der Waals surface area contributed by atoms with Crippen molar-refractivity contribution in [2.24, 2.45) is 11.8 Å². The van der Waals surface area contributed by atoms with Gasteiger partial charge in [-0.1, -0.05) is 45.0 Å². The normalized spacial score (nSPS) is 19.7. The average Bonchev–Trinajstić information content (AvgIpc) is 3.46. The van der Waals surface area contributed by atoms with E-state index in [0.29, 0.717) is 31.8 Å². The Balaban J connectivity index is 0.000000221. The van der Waals surface area contributed by atoms with Crippen molar-refractivity contribution >= 4 is 23.7 Å². The molecule has 36 heavy (non-hydrogen) atoms. The van der Waals surface area contributed by atoms with Crippen molar-refractivity contribution in [1.29, 1.82) is 0 Å². The number of likely N-dealkylation sites (tertiary alicyclic amines) is 2. The molecular weight excluding hydrogens is 472 g/mol. The molecule has 200 valence electrons. The summed E-state index contributed by atoms with van der Waals surface area (Å²) in [5.41, 5.74) is 5.18. The van der Waals surface area contributed by atoms with E-state index in [1.54, 1.807) is 11.3 Å². The lowest BCUT2D eigenvalue weighted by Crippen LogP contribution is -2.37. The van der Waals surface area contributed by atoms with E-state index in [2.05, 4.69) is 55.2 Å². The van der Waals surface area contributed by atoms with Crippen molar-refractivity contribution in [2.75, 3.05) is 33.2 Å². The van der Waals surface area contributed by atoms with Crippen LogP contribution in [0.1, 0.15) is 57.7 Å². The third-order valence-corrected chi connectivity index (χ3v) is 7.03. The average molecular weight is 517 g/mol. The van der Waals surface area contributed by atoms with Crippen LogP contribution in [0.4, 0.5) is 0 Å². The molecule has 0 spiro atoms. The number of aromatic nitrogens is 1. The molecule has 2 N–H and O–H groups in total. The van der Waals surface area contributed by atoms with E-state index in [0.717, 1.165) is 43.2 Å². The predicted octanol–water partition coefficient (Wildman–Crippen LogP) is 4.34. The fourth-order valence-corrected chi connectivity index (χ4v) is 5.11. The smallest absolute Gasteiger partial charge is 0.222 e. The number of thiazole rings is 1. The van der Waals surface area contributed by atoms with Crippen molar-refractivity contribution in [1.82, 2.24) is 20.1 Å². The highest BCUT2D eigenvalue weighted by atomic mass is 32.1. The third-order valence-electron chi connectivity index (χ3n) is 6.05. The zero-order chi connectivity index (χ0) is 26.5. The van der Waals surface area contributed by atoms with Crippen molar-refractivity contribution in [3.05, 3.63) is 41.0 Å². The Kier molecular flexibility index (Phi) is 13.1. The van der Waals surface area contributed by atoms with Crippen molar-refractivity contribution in [3.63, 3.8) is 0 Å². The van der Waals surface area contributed by atoms with E-state index in [-0.39, 0.29) is 12.0 Å². The number of rotatable bonds is 6. The van der Waals surface area contributed by atoms with Gasteiger partial charge in [0.05, 0.1) is 22.2 Å². The maximum absolute atomic E-state index is 12.0. The van der Waals surface area contributed by atoms with Crippen LogP contribution >= 0.6 is 11.3 Å². The number of hydrogen-bond donors (Lipinski definition) is 2. The van der Waals surface area contributed by atoms with E-state index < -0.39 is 0 Å². The number of benzene rings is 1. The van der Waals surface area contributed by atoms with Gasteiger partial charge >= 0.3 is 0 Å². The van der Waals surface area contributed by atoms with E-state index >= 15 is 0 Å². The van der Waals surface area contributed by atoms with Gasteiger partial charge < -0.3 is 20.2 Å². The summed E-state index contributed by atoms with van der Waals surface area (Å²) in [6, 6.07) is 8.15. The Morgan fingerprint density at radius 1 is 1.19 bits per heavy atom. The summed E-state index contributed by atoms with van der Waals surface area (Å²) >= 11 is 1.64. The van der Waals surface area contributed by atoms with Gasteiger partial charge in [0.15, 0.2) is 0 Å². The number of β-amino-alcohol motifs (C(OH)–C–C–N with tert-alkyl or cyclic N) is 1. The first-order chi connectivity index (χ1) is 17.2. The van der Waals surface area contributed by atoms with Crippen LogP contribution in [0.5, 0.6) is 0 Å². The topological polar surface area (TPSA) is 85.8 Å². The SMILES string of the molecule is CC(C)C.CN1CCCC(CC(=O)N2CCC(O)C2)C1.Cc1ncsc1-c1ccc(CNC=O)cc1. The number of carbonyl (C=O) groups is 2. The molecule has 0 saturated carbocycles. The van der Waals surface area contributed by atoms with E-state index in [1.165, 1.54) is 23.3 Å². The van der Waals surface area contributed by atoms with Crippen LogP contribution in [0.25, 0.3) is 10.4 Å². The molecular formula is C28H44N4O3S. The van der Waals surface area contributed by atoms with Crippen molar-refractivity contribution in [2.45, 2.75) is 66.0 Å². The van der Waals surface area contributed by atoms with Gasteiger partial charge in [0.25, 0.3) is 0 Å². The Hall–Kier alpha value is -2.29. The molecule has 2 amide bonds. The van der Waals surface area contributed by atoms with Gasteiger partial charge in [-0.3, -0.25) is 9.59 Å². The number of nitrogens with one attached hydrogen (secondary N) is 1. The fourth-order valence-electron chi connectivity index (χ4n) is 4.30. The number of carbonyl (C=O) groups excluding carboxylic acids is 2. The fraction of sp³-hybridized carbons (Fsp3) is 0.607. The molecule has 2 aliphatic heterocycles. The summed E-state index contributed by atoms with van der Waals surface area (Å²) in [5, 5.41) is 12.0. The van der Waals surface area contributed by atoms with Crippen LogP contribution < -0.4 is 5.32 Å². The van der Waals surface area contributed by atoms with Crippen molar-refractivity contribution < 1.29 is 14.7 Å². The lowest BCUT2D eigenvalue weighted by molar-refractivity contribution is -0.131. The minimum atomic E-state index is -0.294. The Morgan fingerprint density at radius 3 is 2.42 bits per heavy atom. The van der Waals surface area contributed by atoms with Crippen LogP contribution in [-0.2, 0) is 16.1 Å². The number of hydrogen-bond acceptors (Lipinski definition) is 6. The second-order valence-electron chi connectivity index (χ2n) is 10.5. The second kappa shape index (κ2) is 15.7. The first-order valence-electron chi connectivity index (χ1n) is 13.0. The number of aliphatic hydroxyl groups is 1. The molecule has 2 unspecified atom stereocenters. The number of nitrogens with zero attached hydrogens (tertiary/aromatic N) is 3. The van der Waals surface area contributed by atoms with Gasteiger partial charge in [-0.15, -0.1) is 11.3 Å². The Morgan fingerprint density at radius 2 is 1.89 bits per heavy atom. The molecule has 3 heterocycles. The van der Waals surface area contributed by atoms with Gasteiger partial charge in [0, 0.05) is 32.6 Å². The van der Waals surface area contributed by atoms with Crippen LogP contribution in [0.15, 0.2) is 29.8 Å². The molecule has 2 aromatic rings. The zero-order valence-electron chi connectivity index (χ0n) is 22.6. The van der Waals surface area contributed by atoms with E-state index in [1.807, 2.05) is 29.5 Å². The molecule has 0 radical (unpaired) electrons. The summed E-state index contributed by atoms with van der Waals surface area (Å²) in [5.74, 6) is 1.58. The van der Waals surface area contributed by atoms with Gasteiger partial charge in [0.2, 0.25) is 12.3 Å². The summed E-state index contributed by atoms with van der Waals surface area (Å²) in [4.78, 5) is 31.7. The highest BCUT2D eigenvalue weighted by Crippen LogP contribution is 2.27. The van der Waals surface area contributed by atoms with Gasteiger partial charge in [-0.25, -0.2) is 4.98 Å². The third kappa shape index (κ3) is 10.8. The lowest BCUT2D eigenvalue weighted by atomic mass is 9.94. The van der Waals surface area contributed by atoms with E-state index in [4.69, 9.17) is 0 Å². The highest BCUT2D eigenvalue weighted by Gasteiger charge is 2.27. The molecule has 4 rings (SSSR count). The van der Waals surface area contributed by atoms with Crippen LogP contribution in [0.2, 0.25) is 0 Å². The quantitative estimate of drug-likeness (QED) is 0.558. The maximum Gasteiger partial charge on any atom is 0.222 e. The zero-order valence-corrected chi connectivity index (χ0v) is 23.4. The first-order valence-corrected chi connectivity index (χ1v) is 13.9. The number of amides is 2. The second-order valence-corrected chi connectivity index (χ2v) is 11.3. The van der Waals surface area contributed by atoms with Crippen LogP contribution in [0.3, 0.4) is 0 Å². The van der Waals surface area contributed by atoms with Gasteiger partial charge in [-0.2, -0.15) is 0 Å². The lowest BCUT2D eigenvalue weighted by Gasteiger charge is -2.30. The number of piperidine rings is 1. The van der Waals surface area contributed by atoms with Gasteiger partial charge in [-0.05, 0) is 62.7 Å². The van der Waals surface area contributed by atoms with Crippen LogP contribution in [0, 0.1) is 18.8 Å². The molecule has 1 aromatic heterocycles. The van der Waals surface area contributed by atoms with E-state index in [9.17, 15) is 14.7 Å². The van der Waals surface area contributed by atoms with Gasteiger partial charge in [0.1, 0.15) is 0 Å². The standard InChI is InChI=1S/C12H22N2O2.C12H12N2OS.C4H10/c1-13-5-2-3-10(8-13)7-12(16)14-6-4-11(15)9-14;1-9-12(16-8-14-9)11-4-2-10(3-5-11)6-13-7-15;1-4(2)3/h10-11,15H,2-9H2,1H3;2-5,7-8H,6H2,1H3,(H,13,15);4H,1-3H3. The minimum absolute atomic E-state index is 0.233. The maximum atomic E-state index is 12.0. The monoisotopic (exact) mass is 516 g/mol. The molecule has 2 fully saturated rings. The Bertz CT molecular complexity index is 913. The molecule has 2 saturated heterocycles. The molecule has 2 atom stereocenters. The molecule has 1 aromatic carbocycles. The summed E-state index contributed by atoms with van der Waals surface area (Å²) < 4.78 is 0.